The van der Waals surface area contributed by atoms with Crippen molar-refractivity contribution in [3.8, 4) is 0 Å². The molecule has 1 aromatic carbocycles. The van der Waals surface area contributed by atoms with Crippen LogP contribution in [0.5, 0.6) is 0 Å². The van der Waals surface area contributed by atoms with Gasteiger partial charge in [0.05, 0.1) is 4.90 Å². The summed E-state index contributed by atoms with van der Waals surface area (Å²) in [5.74, 6) is 0. The van der Waals surface area contributed by atoms with Crippen LogP contribution >= 0.6 is 15.9 Å². The van der Waals surface area contributed by atoms with E-state index in [1.165, 1.54) is 6.42 Å². The predicted molar refractivity (Wildman–Crippen MR) is 81.1 cm³/mol. The van der Waals surface area contributed by atoms with Gasteiger partial charge in [-0.3, -0.25) is 0 Å². The summed E-state index contributed by atoms with van der Waals surface area (Å²) in [7, 11) is -3.35. The molecule has 1 aliphatic rings. The van der Waals surface area contributed by atoms with Crippen LogP contribution in [0.3, 0.4) is 0 Å². The lowest BCUT2D eigenvalue weighted by Gasteiger charge is -2.22. The zero-order valence-electron chi connectivity index (χ0n) is 10.9. The van der Waals surface area contributed by atoms with E-state index in [4.69, 9.17) is 0 Å². The molecule has 0 atom stereocenters. The maximum Gasteiger partial charge on any atom is 0.240 e. The van der Waals surface area contributed by atoms with Crippen LogP contribution in [-0.2, 0) is 16.4 Å². The topological polar surface area (TPSA) is 46.2 Å². The van der Waals surface area contributed by atoms with Crippen LogP contribution in [0.1, 0.15) is 37.7 Å². The van der Waals surface area contributed by atoms with Gasteiger partial charge in [0.1, 0.15) is 0 Å². The van der Waals surface area contributed by atoms with Gasteiger partial charge >= 0.3 is 0 Å². The van der Waals surface area contributed by atoms with E-state index in [0.717, 1.165) is 43.0 Å². The number of hydrogen-bond acceptors (Lipinski definition) is 2. The van der Waals surface area contributed by atoms with Gasteiger partial charge in [-0.25, -0.2) is 13.1 Å². The van der Waals surface area contributed by atoms with E-state index in [2.05, 4.69) is 20.7 Å². The molecule has 0 aromatic heterocycles. The number of aryl methyl sites for hydroxylation is 1. The normalized spacial score (nSPS) is 17.5. The second kappa shape index (κ2) is 6.86. The first-order chi connectivity index (χ1) is 9.12. The standard InChI is InChI=1S/C14H20BrNO2S/c15-11-10-12-6-8-14(9-7-12)19(17,18)16-13-4-2-1-3-5-13/h6-9,13,16H,1-5,10-11H2. The smallest absolute Gasteiger partial charge is 0.208 e. The van der Waals surface area contributed by atoms with Crippen molar-refractivity contribution in [2.75, 3.05) is 5.33 Å². The first kappa shape index (κ1) is 15.0. The van der Waals surface area contributed by atoms with E-state index in [1.807, 2.05) is 12.1 Å². The van der Waals surface area contributed by atoms with Crippen LogP contribution in [-0.4, -0.2) is 19.8 Å². The Morgan fingerprint density at radius 1 is 1.11 bits per heavy atom. The summed E-state index contributed by atoms with van der Waals surface area (Å²) in [6, 6.07) is 7.28. The van der Waals surface area contributed by atoms with Crippen molar-refractivity contribution in [1.82, 2.24) is 4.72 Å². The van der Waals surface area contributed by atoms with Crippen LogP contribution in [0.4, 0.5) is 0 Å². The van der Waals surface area contributed by atoms with Crippen molar-refractivity contribution >= 4 is 26.0 Å². The van der Waals surface area contributed by atoms with Crippen LogP contribution in [0.2, 0.25) is 0 Å². The minimum absolute atomic E-state index is 0.112. The number of halogens is 1. The number of sulfonamides is 1. The second-order valence-electron chi connectivity index (χ2n) is 5.04. The Labute approximate surface area is 124 Å². The molecule has 2 rings (SSSR count). The summed E-state index contributed by atoms with van der Waals surface area (Å²) in [4.78, 5) is 0.372. The van der Waals surface area contributed by atoms with Crippen LogP contribution < -0.4 is 4.72 Å². The number of benzene rings is 1. The van der Waals surface area contributed by atoms with Gasteiger partial charge in [0.25, 0.3) is 0 Å². The zero-order chi connectivity index (χ0) is 13.7. The quantitative estimate of drug-likeness (QED) is 0.832. The average molecular weight is 346 g/mol. The molecule has 0 radical (unpaired) electrons. The van der Waals surface area contributed by atoms with Gasteiger partial charge in [0.2, 0.25) is 10.0 Å². The third-order valence-electron chi connectivity index (χ3n) is 3.54. The molecular formula is C14H20BrNO2S. The molecule has 3 nitrogen and oxygen atoms in total. The predicted octanol–water partition coefficient (Wildman–Crippen LogP) is 3.24. The highest BCUT2D eigenvalue weighted by molar-refractivity contribution is 9.09. The minimum atomic E-state index is -3.35. The molecule has 106 valence electrons. The molecule has 1 aliphatic carbocycles. The average Bonchev–Trinajstić information content (AvgIpc) is 2.40. The molecule has 0 amide bonds. The van der Waals surface area contributed by atoms with Crippen molar-refractivity contribution in [1.29, 1.82) is 0 Å². The summed E-state index contributed by atoms with van der Waals surface area (Å²) in [6.45, 7) is 0. The fraction of sp³-hybridized carbons (Fsp3) is 0.571. The molecule has 5 heteroatoms. The molecule has 1 fully saturated rings. The summed E-state index contributed by atoms with van der Waals surface area (Å²) in [5, 5.41) is 0.888. The van der Waals surface area contributed by atoms with Crippen molar-refractivity contribution in [3.63, 3.8) is 0 Å². The van der Waals surface area contributed by atoms with E-state index in [0.29, 0.717) is 4.90 Å². The van der Waals surface area contributed by atoms with Crippen molar-refractivity contribution < 1.29 is 8.42 Å². The molecule has 1 N–H and O–H groups in total. The molecule has 19 heavy (non-hydrogen) atoms. The van der Waals surface area contributed by atoms with Gasteiger partial charge in [-0.15, -0.1) is 0 Å². The Morgan fingerprint density at radius 2 is 1.74 bits per heavy atom. The van der Waals surface area contributed by atoms with Crippen molar-refractivity contribution in [3.05, 3.63) is 29.8 Å². The number of alkyl halides is 1. The summed E-state index contributed by atoms with van der Waals surface area (Å²) < 4.78 is 27.3. The molecule has 1 aromatic rings. The highest BCUT2D eigenvalue weighted by Crippen LogP contribution is 2.20. The molecule has 0 heterocycles. The fourth-order valence-electron chi connectivity index (χ4n) is 2.45. The summed E-state index contributed by atoms with van der Waals surface area (Å²) in [6.07, 6.45) is 6.30. The molecule has 0 bridgehead atoms. The Kier molecular flexibility index (Phi) is 5.42. The molecule has 0 spiro atoms. The fourth-order valence-corrected chi connectivity index (χ4v) is 4.22. The minimum Gasteiger partial charge on any atom is -0.208 e. The third kappa shape index (κ3) is 4.29. The van der Waals surface area contributed by atoms with E-state index >= 15 is 0 Å². The zero-order valence-corrected chi connectivity index (χ0v) is 13.3. The Morgan fingerprint density at radius 3 is 2.32 bits per heavy atom. The van der Waals surface area contributed by atoms with Gasteiger partial charge in [0.15, 0.2) is 0 Å². The van der Waals surface area contributed by atoms with E-state index in [1.54, 1.807) is 12.1 Å². The number of nitrogens with one attached hydrogen (secondary N) is 1. The summed E-state index contributed by atoms with van der Waals surface area (Å²) >= 11 is 3.38. The first-order valence-electron chi connectivity index (χ1n) is 6.79. The third-order valence-corrected chi connectivity index (χ3v) is 5.48. The summed E-state index contributed by atoms with van der Waals surface area (Å²) in [5.41, 5.74) is 1.15. The lowest BCUT2D eigenvalue weighted by atomic mass is 9.96. The Balaban J connectivity index is 2.05. The molecular weight excluding hydrogens is 326 g/mol. The van der Waals surface area contributed by atoms with Crippen LogP contribution in [0, 0.1) is 0 Å². The van der Waals surface area contributed by atoms with E-state index in [-0.39, 0.29) is 6.04 Å². The largest absolute Gasteiger partial charge is 0.240 e. The number of rotatable bonds is 5. The van der Waals surface area contributed by atoms with Crippen LogP contribution in [0.25, 0.3) is 0 Å². The number of hydrogen-bond donors (Lipinski definition) is 1. The van der Waals surface area contributed by atoms with E-state index < -0.39 is 10.0 Å². The van der Waals surface area contributed by atoms with Gasteiger partial charge in [0, 0.05) is 11.4 Å². The highest BCUT2D eigenvalue weighted by Gasteiger charge is 2.21. The highest BCUT2D eigenvalue weighted by atomic mass is 79.9. The van der Waals surface area contributed by atoms with Gasteiger partial charge in [-0.2, -0.15) is 0 Å². The van der Waals surface area contributed by atoms with E-state index in [9.17, 15) is 8.42 Å². The second-order valence-corrected chi connectivity index (χ2v) is 7.55. The van der Waals surface area contributed by atoms with Crippen LogP contribution in [0.15, 0.2) is 29.2 Å². The van der Waals surface area contributed by atoms with Gasteiger partial charge < -0.3 is 0 Å². The van der Waals surface area contributed by atoms with Gasteiger partial charge in [-0.1, -0.05) is 47.3 Å². The first-order valence-corrected chi connectivity index (χ1v) is 9.39. The molecule has 0 unspecified atom stereocenters. The Hall–Kier alpha value is -0.390. The lowest BCUT2D eigenvalue weighted by molar-refractivity contribution is 0.412. The SMILES string of the molecule is O=S(=O)(NC1CCCCC1)c1ccc(CCBr)cc1. The molecule has 0 aliphatic heterocycles. The maximum atomic E-state index is 12.2. The maximum absolute atomic E-state index is 12.2. The van der Waals surface area contributed by atoms with Gasteiger partial charge in [-0.05, 0) is 37.0 Å². The molecule has 0 saturated heterocycles. The monoisotopic (exact) mass is 345 g/mol. The Bertz CT molecular complexity index is 493. The van der Waals surface area contributed by atoms with Crippen molar-refractivity contribution in [2.24, 2.45) is 0 Å². The molecule has 1 saturated carbocycles. The van der Waals surface area contributed by atoms with Crippen molar-refractivity contribution in [2.45, 2.75) is 49.5 Å². The lowest BCUT2D eigenvalue weighted by Crippen LogP contribution is -2.36.